The maximum Gasteiger partial charge on any atom is 0.252 e. The zero-order valence-corrected chi connectivity index (χ0v) is 18.2. The van der Waals surface area contributed by atoms with Crippen molar-refractivity contribution in [1.82, 2.24) is 14.9 Å². The quantitative estimate of drug-likeness (QED) is 0.590. The van der Waals surface area contributed by atoms with Crippen LogP contribution in [0.25, 0.3) is 0 Å². The second kappa shape index (κ2) is 8.30. The fourth-order valence-electron chi connectivity index (χ4n) is 3.26. The summed E-state index contributed by atoms with van der Waals surface area (Å²) in [6.07, 6.45) is 0. The molecule has 0 N–H and O–H groups in total. The number of carbonyl (C=O) groups excluding carboxylic acids is 1. The minimum Gasteiger partial charge on any atom is -0.486 e. The fraction of sp³-hybridized carbons (Fsp3) is 0.318. The van der Waals surface area contributed by atoms with Crippen LogP contribution in [0.3, 0.4) is 0 Å². The number of nitrogens with zero attached hydrogens (tertiary/aromatic N) is 4. The summed E-state index contributed by atoms with van der Waals surface area (Å²) in [5, 5.41) is 10.2. The van der Waals surface area contributed by atoms with Crippen LogP contribution in [-0.2, 0) is 23.4 Å². The summed E-state index contributed by atoms with van der Waals surface area (Å²) in [5.41, 5.74) is 1.57. The van der Waals surface area contributed by atoms with Gasteiger partial charge in [0.15, 0.2) is 5.82 Å². The van der Waals surface area contributed by atoms with Crippen molar-refractivity contribution < 1.29 is 18.3 Å². The molecule has 3 aromatic rings. The topological polar surface area (TPSA) is 60.3 Å². The minimum absolute atomic E-state index is 0.00755. The summed E-state index contributed by atoms with van der Waals surface area (Å²) in [6.45, 7) is 6.49. The second-order valence-corrected chi connectivity index (χ2v) is 9.23. The van der Waals surface area contributed by atoms with Gasteiger partial charge in [-0.1, -0.05) is 44.7 Å². The van der Waals surface area contributed by atoms with Crippen LogP contribution in [0.5, 0.6) is 5.75 Å². The molecule has 2 aromatic carbocycles. The van der Waals surface area contributed by atoms with E-state index in [4.69, 9.17) is 4.74 Å². The molecule has 1 aliphatic rings. The van der Waals surface area contributed by atoms with E-state index in [1.54, 1.807) is 4.68 Å². The lowest BCUT2D eigenvalue weighted by Gasteiger charge is -2.29. The smallest absolute Gasteiger partial charge is 0.252 e. The first kappa shape index (κ1) is 21.3. The number of carbonyl (C=O) groups is 1. The number of fused-ring (bicyclic) bond motifs is 1. The van der Waals surface area contributed by atoms with Gasteiger partial charge >= 0.3 is 0 Å². The van der Waals surface area contributed by atoms with Crippen LogP contribution in [-0.4, -0.2) is 26.5 Å². The first-order chi connectivity index (χ1) is 14.7. The predicted octanol–water partition coefficient (Wildman–Crippen LogP) is 4.20. The molecule has 162 valence electrons. The molecule has 0 bridgehead atoms. The highest BCUT2D eigenvalue weighted by molar-refractivity contribution is 7.99. The highest BCUT2D eigenvalue weighted by Gasteiger charge is 2.29. The molecule has 0 fully saturated rings. The Bertz CT molecular complexity index is 1090. The largest absolute Gasteiger partial charge is 0.486 e. The molecular weight excluding hydrogens is 422 g/mol. The lowest BCUT2D eigenvalue weighted by molar-refractivity contribution is -0.118. The third-order valence-electron chi connectivity index (χ3n) is 4.87. The molecular formula is C22H22F2N4O2S. The summed E-state index contributed by atoms with van der Waals surface area (Å²) in [6, 6.07) is 11.0. The van der Waals surface area contributed by atoms with Crippen LogP contribution in [0.4, 0.5) is 8.78 Å². The van der Waals surface area contributed by atoms with Gasteiger partial charge in [-0.05, 0) is 40.8 Å². The summed E-state index contributed by atoms with van der Waals surface area (Å²) in [7, 11) is 0. The predicted molar refractivity (Wildman–Crippen MR) is 114 cm³/mol. The summed E-state index contributed by atoms with van der Waals surface area (Å²) < 4.78 is 34.6. The van der Waals surface area contributed by atoms with E-state index in [9.17, 15) is 13.6 Å². The molecule has 0 aliphatic carbocycles. The van der Waals surface area contributed by atoms with Crippen LogP contribution >= 0.6 is 11.8 Å². The van der Waals surface area contributed by atoms with Crippen LogP contribution in [0, 0.1) is 11.6 Å². The number of aromatic nitrogens is 3. The fourth-order valence-corrected chi connectivity index (χ4v) is 4.09. The van der Waals surface area contributed by atoms with Gasteiger partial charge < -0.3 is 4.74 Å². The first-order valence-electron chi connectivity index (χ1n) is 9.77. The van der Waals surface area contributed by atoms with Crippen molar-refractivity contribution in [3.05, 3.63) is 71.1 Å². The summed E-state index contributed by atoms with van der Waals surface area (Å²) in [4.78, 5) is 12.6. The normalized spacial score (nSPS) is 14.0. The van der Waals surface area contributed by atoms with Gasteiger partial charge in [0.1, 0.15) is 24.0 Å². The van der Waals surface area contributed by atoms with E-state index < -0.39 is 11.6 Å². The van der Waals surface area contributed by atoms with Crippen molar-refractivity contribution in [2.45, 2.75) is 44.5 Å². The van der Waals surface area contributed by atoms with Gasteiger partial charge in [-0.3, -0.25) is 4.79 Å². The van der Waals surface area contributed by atoms with Gasteiger partial charge in [-0.2, -0.15) is 0 Å². The zero-order chi connectivity index (χ0) is 22.2. The molecule has 0 saturated heterocycles. The van der Waals surface area contributed by atoms with E-state index in [0.717, 1.165) is 6.07 Å². The van der Waals surface area contributed by atoms with Crippen molar-refractivity contribution in [3.8, 4) is 5.75 Å². The molecule has 9 heteroatoms. The number of thioether (sulfide) groups is 1. The van der Waals surface area contributed by atoms with E-state index in [1.807, 2.05) is 24.3 Å². The standard InChI is InChI=1S/C22H22F2N4O2S/c1-22(2,3)15-4-6-18(7-5-15)30-12-19-25-26-21-28(19)27(20(29)13-31-21)11-14-8-16(23)10-17(24)9-14/h4-10H,11-13H2,1-3H3. The number of halogens is 2. The highest BCUT2D eigenvalue weighted by atomic mass is 32.2. The average molecular weight is 445 g/mol. The number of benzene rings is 2. The molecule has 1 aromatic heterocycles. The molecule has 0 unspecified atom stereocenters. The Morgan fingerprint density at radius 1 is 1.06 bits per heavy atom. The summed E-state index contributed by atoms with van der Waals surface area (Å²) >= 11 is 1.26. The van der Waals surface area contributed by atoms with Crippen LogP contribution in [0.15, 0.2) is 47.6 Å². The van der Waals surface area contributed by atoms with Crippen LogP contribution in [0.1, 0.15) is 37.7 Å². The Labute approximate surface area is 183 Å². The molecule has 0 spiro atoms. The number of amides is 1. The monoisotopic (exact) mass is 444 g/mol. The molecule has 0 radical (unpaired) electrons. The maximum absolute atomic E-state index is 13.6. The van der Waals surface area contributed by atoms with Gasteiger partial charge in [0.05, 0.1) is 12.3 Å². The van der Waals surface area contributed by atoms with E-state index in [-0.39, 0.29) is 30.2 Å². The van der Waals surface area contributed by atoms with E-state index >= 15 is 0 Å². The maximum atomic E-state index is 13.6. The van der Waals surface area contributed by atoms with Crippen LogP contribution in [0.2, 0.25) is 0 Å². The van der Waals surface area contributed by atoms with Gasteiger partial charge in [-0.25, -0.2) is 18.5 Å². The molecule has 4 rings (SSSR count). The molecule has 2 heterocycles. The molecule has 6 nitrogen and oxygen atoms in total. The Kier molecular flexibility index (Phi) is 5.70. The van der Waals surface area contributed by atoms with E-state index in [2.05, 4.69) is 31.0 Å². The first-order valence-corrected chi connectivity index (χ1v) is 10.8. The van der Waals surface area contributed by atoms with Gasteiger partial charge in [0.2, 0.25) is 5.16 Å². The number of hydrogen-bond acceptors (Lipinski definition) is 5. The van der Waals surface area contributed by atoms with E-state index in [0.29, 0.717) is 22.3 Å². The van der Waals surface area contributed by atoms with Crippen molar-refractivity contribution in [3.63, 3.8) is 0 Å². The summed E-state index contributed by atoms with van der Waals surface area (Å²) in [5.74, 6) is -0.338. The third-order valence-corrected chi connectivity index (χ3v) is 5.78. The SMILES string of the molecule is CC(C)(C)c1ccc(OCc2nnc3n2N(Cc2cc(F)cc(F)c2)C(=O)CS3)cc1. The van der Waals surface area contributed by atoms with Gasteiger partial charge in [0, 0.05) is 6.07 Å². The van der Waals surface area contributed by atoms with Gasteiger partial charge in [0.25, 0.3) is 5.91 Å². The number of rotatable bonds is 5. The Morgan fingerprint density at radius 2 is 1.74 bits per heavy atom. The molecule has 0 atom stereocenters. The van der Waals surface area contributed by atoms with E-state index in [1.165, 1.54) is 34.5 Å². The van der Waals surface area contributed by atoms with Gasteiger partial charge in [-0.15, -0.1) is 10.2 Å². The second-order valence-electron chi connectivity index (χ2n) is 8.29. The molecule has 0 saturated carbocycles. The average Bonchev–Trinajstić information content (AvgIpc) is 3.11. The van der Waals surface area contributed by atoms with Crippen molar-refractivity contribution in [2.75, 3.05) is 10.8 Å². The molecule has 1 amide bonds. The third kappa shape index (κ3) is 4.71. The number of ether oxygens (including phenoxy) is 1. The van der Waals surface area contributed by atoms with Crippen molar-refractivity contribution >= 4 is 17.7 Å². The highest BCUT2D eigenvalue weighted by Crippen LogP contribution is 2.27. The lowest BCUT2D eigenvalue weighted by Crippen LogP contribution is -2.45. The minimum atomic E-state index is -0.694. The number of hydrogen-bond donors (Lipinski definition) is 0. The van der Waals surface area contributed by atoms with Crippen LogP contribution < -0.4 is 9.75 Å². The molecule has 1 aliphatic heterocycles. The molecule has 31 heavy (non-hydrogen) atoms. The Morgan fingerprint density at radius 3 is 2.39 bits per heavy atom. The van der Waals surface area contributed by atoms with Crippen molar-refractivity contribution in [1.29, 1.82) is 0 Å². The Hall–Kier alpha value is -2.94. The zero-order valence-electron chi connectivity index (χ0n) is 17.4. The lowest BCUT2D eigenvalue weighted by atomic mass is 9.87. The Balaban J connectivity index is 1.55. The van der Waals surface area contributed by atoms with Crippen molar-refractivity contribution in [2.24, 2.45) is 0 Å².